The van der Waals surface area contributed by atoms with E-state index < -0.39 is 0 Å². The van der Waals surface area contributed by atoms with E-state index in [1.165, 1.54) is 6.07 Å². The molecule has 1 aromatic rings. The normalized spacial score (nSPS) is 11.9. The third-order valence-electron chi connectivity index (χ3n) is 2.36. The quantitative estimate of drug-likeness (QED) is 0.470. The van der Waals surface area contributed by atoms with Crippen LogP contribution in [0.25, 0.3) is 0 Å². The van der Waals surface area contributed by atoms with E-state index in [2.05, 4.69) is 11.9 Å². The number of anilines is 1. The maximum Gasteiger partial charge on any atom is 0.292 e. The molecule has 1 unspecified atom stereocenters. The largest absolute Gasteiger partial charge is 0.377 e. The Morgan fingerprint density at radius 3 is 2.88 bits per heavy atom. The number of nitrogens with zero attached hydrogens (tertiary/aromatic N) is 1. The van der Waals surface area contributed by atoms with Gasteiger partial charge < -0.3 is 5.32 Å². The van der Waals surface area contributed by atoms with Gasteiger partial charge in [0.2, 0.25) is 0 Å². The van der Waals surface area contributed by atoms with Crippen LogP contribution in [0.1, 0.15) is 18.9 Å². The van der Waals surface area contributed by atoms with Crippen LogP contribution in [-0.2, 0) is 0 Å². The number of hydrogen-bond acceptors (Lipinski definition) is 3. The summed E-state index contributed by atoms with van der Waals surface area (Å²) in [6.07, 6.45) is 2.56. The number of rotatable bonds is 5. The molecule has 1 atom stereocenters. The lowest BCUT2D eigenvalue weighted by molar-refractivity contribution is -0.384. The van der Waals surface area contributed by atoms with Crippen molar-refractivity contribution in [3.8, 4) is 0 Å². The van der Waals surface area contributed by atoms with Crippen LogP contribution in [0.2, 0.25) is 0 Å². The highest BCUT2D eigenvalue weighted by atomic mass is 16.6. The summed E-state index contributed by atoms with van der Waals surface area (Å²) in [4.78, 5) is 10.5. The molecule has 16 heavy (non-hydrogen) atoms. The van der Waals surface area contributed by atoms with Crippen molar-refractivity contribution in [1.29, 1.82) is 0 Å². The number of para-hydroxylation sites is 1. The highest BCUT2D eigenvalue weighted by Crippen LogP contribution is 2.28. The molecular weight excluding hydrogens is 204 g/mol. The van der Waals surface area contributed by atoms with E-state index in [1.54, 1.807) is 12.1 Å². The van der Waals surface area contributed by atoms with Gasteiger partial charge in [0, 0.05) is 12.1 Å². The van der Waals surface area contributed by atoms with Crippen molar-refractivity contribution in [3.63, 3.8) is 0 Å². The van der Waals surface area contributed by atoms with Crippen LogP contribution < -0.4 is 5.32 Å². The zero-order chi connectivity index (χ0) is 12.1. The van der Waals surface area contributed by atoms with Crippen LogP contribution in [-0.4, -0.2) is 11.0 Å². The topological polar surface area (TPSA) is 55.2 Å². The number of nitro benzene ring substituents is 1. The van der Waals surface area contributed by atoms with Crippen molar-refractivity contribution in [2.24, 2.45) is 0 Å². The summed E-state index contributed by atoms with van der Waals surface area (Å²) in [6, 6.07) is 5.19. The van der Waals surface area contributed by atoms with E-state index in [4.69, 9.17) is 0 Å². The Labute approximate surface area is 95.1 Å². The van der Waals surface area contributed by atoms with Crippen molar-refractivity contribution in [2.75, 3.05) is 5.32 Å². The molecule has 0 aliphatic rings. The Hall–Kier alpha value is -1.84. The van der Waals surface area contributed by atoms with Gasteiger partial charge in [0.05, 0.1) is 4.92 Å². The van der Waals surface area contributed by atoms with E-state index in [-0.39, 0.29) is 16.7 Å². The molecule has 0 fully saturated rings. The number of aryl methyl sites for hydroxylation is 1. The van der Waals surface area contributed by atoms with Gasteiger partial charge in [-0.1, -0.05) is 18.2 Å². The number of benzene rings is 1. The van der Waals surface area contributed by atoms with E-state index in [0.717, 1.165) is 12.0 Å². The average Bonchev–Trinajstić information content (AvgIpc) is 2.21. The van der Waals surface area contributed by atoms with Crippen molar-refractivity contribution >= 4 is 11.4 Å². The molecule has 1 rings (SSSR count). The third-order valence-corrected chi connectivity index (χ3v) is 2.36. The molecule has 0 spiro atoms. The second kappa shape index (κ2) is 5.30. The molecule has 4 heteroatoms. The first-order chi connectivity index (χ1) is 7.56. The first-order valence-electron chi connectivity index (χ1n) is 5.17. The third kappa shape index (κ3) is 2.82. The minimum absolute atomic E-state index is 0.121. The fourth-order valence-corrected chi connectivity index (χ4v) is 1.55. The number of hydrogen-bond donors (Lipinski definition) is 1. The SMILES string of the molecule is C=CCC(C)Nc1c(C)cccc1[N+](=O)[O-]. The van der Waals surface area contributed by atoms with Crippen LogP contribution in [0.3, 0.4) is 0 Å². The maximum atomic E-state index is 10.9. The summed E-state index contributed by atoms with van der Waals surface area (Å²) >= 11 is 0. The smallest absolute Gasteiger partial charge is 0.292 e. The first-order valence-corrected chi connectivity index (χ1v) is 5.17. The van der Waals surface area contributed by atoms with Crippen LogP contribution in [0, 0.1) is 17.0 Å². The molecule has 86 valence electrons. The highest BCUT2D eigenvalue weighted by Gasteiger charge is 2.16. The zero-order valence-electron chi connectivity index (χ0n) is 9.56. The van der Waals surface area contributed by atoms with Gasteiger partial charge in [-0.25, -0.2) is 0 Å². The molecule has 0 aromatic heterocycles. The van der Waals surface area contributed by atoms with Gasteiger partial charge in [0.15, 0.2) is 0 Å². The van der Waals surface area contributed by atoms with E-state index >= 15 is 0 Å². The Kier molecular flexibility index (Phi) is 4.05. The predicted octanol–water partition coefficient (Wildman–Crippen LogP) is 3.28. The molecule has 0 saturated heterocycles. The Balaban J connectivity index is 3.01. The zero-order valence-corrected chi connectivity index (χ0v) is 9.56. The van der Waals surface area contributed by atoms with Crippen LogP contribution in [0.4, 0.5) is 11.4 Å². The lowest BCUT2D eigenvalue weighted by Gasteiger charge is -2.15. The van der Waals surface area contributed by atoms with Gasteiger partial charge in [-0.05, 0) is 25.8 Å². The molecule has 0 aliphatic heterocycles. The molecule has 0 saturated carbocycles. The second-order valence-corrected chi connectivity index (χ2v) is 3.80. The standard InChI is InChI=1S/C12H16N2O2/c1-4-6-10(3)13-12-9(2)7-5-8-11(12)14(15)16/h4-5,7-8,10,13H,1,6H2,2-3H3. The predicted molar refractivity (Wildman–Crippen MR) is 65.7 cm³/mol. The van der Waals surface area contributed by atoms with E-state index in [1.807, 2.05) is 19.9 Å². The van der Waals surface area contributed by atoms with Crippen molar-refractivity contribution < 1.29 is 4.92 Å². The number of nitrogens with one attached hydrogen (secondary N) is 1. The van der Waals surface area contributed by atoms with Gasteiger partial charge in [0.25, 0.3) is 5.69 Å². The molecule has 0 amide bonds. The summed E-state index contributed by atoms with van der Waals surface area (Å²) in [6.45, 7) is 7.48. The average molecular weight is 220 g/mol. The molecule has 0 aliphatic carbocycles. The van der Waals surface area contributed by atoms with Crippen LogP contribution >= 0.6 is 0 Å². The first kappa shape index (κ1) is 12.2. The maximum absolute atomic E-state index is 10.9. The molecule has 0 heterocycles. The lowest BCUT2D eigenvalue weighted by Crippen LogP contribution is -2.15. The Bertz CT molecular complexity index is 402. The Morgan fingerprint density at radius 2 is 2.31 bits per heavy atom. The molecule has 1 aromatic carbocycles. The molecule has 4 nitrogen and oxygen atoms in total. The van der Waals surface area contributed by atoms with Crippen molar-refractivity contribution in [3.05, 3.63) is 46.5 Å². The summed E-state index contributed by atoms with van der Waals surface area (Å²) in [5, 5.41) is 14.0. The summed E-state index contributed by atoms with van der Waals surface area (Å²) < 4.78 is 0. The van der Waals surface area contributed by atoms with Gasteiger partial charge in [-0.3, -0.25) is 10.1 Å². The van der Waals surface area contributed by atoms with Gasteiger partial charge in [-0.2, -0.15) is 0 Å². The second-order valence-electron chi connectivity index (χ2n) is 3.80. The summed E-state index contributed by atoms with van der Waals surface area (Å²) in [7, 11) is 0. The van der Waals surface area contributed by atoms with Crippen LogP contribution in [0.5, 0.6) is 0 Å². The van der Waals surface area contributed by atoms with Gasteiger partial charge in [-0.15, -0.1) is 6.58 Å². The number of nitro groups is 1. The lowest BCUT2D eigenvalue weighted by atomic mass is 10.1. The molecular formula is C12H16N2O2. The fourth-order valence-electron chi connectivity index (χ4n) is 1.55. The summed E-state index contributed by atoms with van der Waals surface area (Å²) in [5.41, 5.74) is 1.60. The van der Waals surface area contributed by atoms with Crippen molar-refractivity contribution in [1.82, 2.24) is 0 Å². The summed E-state index contributed by atoms with van der Waals surface area (Å²) in [5.74, 6) is 0. The molecule has 1 N–H and O–H groups in total. The fraction of sp³-hybridized carbons (Fsp3) is 0.333. The van der Waals surface area contributed by atoms with Gasteiger partial charge in [0.1, 0.15) is 5.69 Å². The van der Waals surface area contributed by atoms with E-state index in [0.29, 0.717) is 5.69 Å². The minimum Gasteiger partial charge on any atom is -0.377 e. The minimum atomic E-state index is -0.365. The monoisotopic (exact) mass is 220 g/mol. The highest BCUT2D eigenvalue weighted by molar-refractivity contribution is 5.66. The Morgan fingerprint density at radius 1 is 1.62 bits per heavy atom. The van der Waals surface area contributed by atoms with Gasteiger partial charge >= 0.3 is 0 Å². The van der Waals surface area contributed by atoms with Crippen molar-refractivity contribution in [2.45, 2.75) is 26.3 Å². The van der Waals surface area contributed by atoms with Crippen LogP contribution in [0.15, 0.2) is 30.9 Å². The van der Waals surface area contributed by atoms with E-state index in [9.17, 15) is 10.1 Å². The molecule has 0 radical (unpaired) electrons. The molecule has 0 bridgehead atoms.